The molecule has 0 bridgehead atoms. The highest BCUT2D eigenvalue weighted by molar-refractivity contribution is 5.90. The number of nitrogens with one attached hydrogen (secondary N) is 5. The molecule has 0 radical (unpaired) electrons. The van der Waals surface area contributed by atoms with Crippen molar-refractivity contribution in [2.24, 2.45) is 0 Å². The lowest BCUT2D eigenvalue weighted by Gasteiger charge is -2.24. The molecule has 1 saturated heterocycles. The van der Waals surface area contributed by atoms with E-state index < -0.39 is 41.8 Å². The van der Waals surface area contributed by atoms with Crippen molar-refractivity contribution in [3.05, 3.63) is 0 Å². The van der Waals surface area contributed by atoms with Gasteiger partial charge in [-0.25, -0.2) is 4.79 Å². The van der Waals surface area contributed by atoms with Crippen LogP contribution in [0.5, 0.6) is 0 Å². The Morgan fingerprint density at radius 1 is 0.567 bits per heavy atom. The largest absolute Gasteiger partial charge is 0.480 e. The summed E-state index contributed by atoms with van der Waals surface area (Å²) in [6.45, 7) is 6.38. The summed E-state index contributed by atoms with van der Waals surface area (Å²) >= 11 is 0. The zero-order valence-corrected chi connectivity index (χ0v) is 35.0. The zero-order valence-electron chi connectivity index (χ0n) is 35.0. The average Bonchev–Trinajstić information content (AvgIpc) is 3.27. The van der Waals surface area contributed by atoms with E-state index in [0.717, 1.165) is 0 Å². The van der Waals surface area contributed by atoms with Crippen LogP contribution in [0.2, 0.25) is 0 Å². The van der Waals surface area contributed by atoms with Gasteiger partial charge >= 0.3 is 17.9 Å². The van der Waals surface area contributed by atoms with Gasteiger partial charge in [-0.05, 0) is 44.9 Å². The quantitative estimate of drug-likeness (QED) is 0.0245. The van der Waals surface area contributed by atoms with Crippen LogP contribution in [-0.2, 0) is 52.6 Å². The first-order chi connectivity index (χ1) is 28.8. The third-order valence-corrected chi connectivity index (χ3v) is 9.20. The van der Waals surface area contributed by atoms with Gasteiger partial charge in [-0.15, -0.1) is 0 Å². The topological polar surface area (TPSA) is 295 Å². The summed E-state index contributed by atoms with van der Waals surface area (Å²) in [5.74, 6) is -4.76. The Bertz CT molecular complexity index is 1270. The molecule has 0 aromatic carbocycles. The van der Waals surface area contributed by atoms with Gasteiger partial charge in [-0.2, -0.15) is 0 Å². The van der Waals surface area contributed by atoms with E-state index in [2.05, 4.69) is 26.6 Å². The van der Waals surface area contributed by atoms with Gasteiger partial charge in [-0.3, -0.25) is 48.3 Å². The minimum atomic E-state index is -1.23. The number of nitrogens with zero attached hydrogens (tertiary/aromatic N) is 3. The van der Waals surface area contributed by atoms with Crippen molar-refractivity contribution in [3.8, 4) is 0 Å². The van der Waals surface area contributed by atoms with E-state index in [9.17, 15) is 53.7 Å². The smallest absolute Gasteiger partial charge is 0.326 e. The van der Waals surface area contributed by atoms with Crippen LogP contribution in [-0.4, -0.2) is 208 Å². The SMILES string of the molecule is CCCC(=O)NCCCCC(NC(=O)C(CCCCNC(=O)CN1CCN(CC(=O)O)CCN(CC(=O)O)CC1)NC(=O)CCOCCOCCOCCNC=O)C(=O)O. The number of carbonyl (C=O) groups excluding carboxylic acids is 5. The van der Waals surface area contributed by atoms with Gasteiger partial charge in [0.1, 0.15) is 12.1 Å². The van der Waals surface area contributed by atoms with Crippen LogP contribution in [0.4, 0.5) is 0 Å². The van der Waals surface area contributed by atoms with Crippen molar-refractivity contribution < 1.29 is 67.9 Å². The molecule has 2 unspecified atom stereocenters. The van der Waals surface area contributed by atoms with Crippen molar-refractivity contribution in [2.45, 2.75) is 76.8 Å². The molecule has 0 aromatic rings. The normalized spacial score (nSPS) is 15.0. The van der Waals surface area contributed by atoms with Crippen LogP contribution in [0.25, 0.3) is 0 Å². The van der Waals surface area contributed by atoms with Crippen LogP contribution < -0.4 is 26.6 Å². The van der Waals surface area contributed by atoms with Crippen LogP contribution in [0.15, 0.2) is 0 Å². The first-order valence-corrected chi connectivity index (χ1v) is 20.7. The number of carboxylic acid groups (broad SMARTS) is 3. The zero-order chi connectivity index (χ0) is 44.4. The second-order valence-electron chi connectivity index (χ2n) is 14.2. The molecular formula is C38H68N8O14. The van der Waals surface area contributed by atoms with Crippen molar-refractivity contribution in [2.75, 3.05) is 118 Å². The number of rotatable bonds is 35. The first kappa shape index (κ1) is 53.5. The number of aliphatic carboxylic acids is 3. The maximum Gasteiger partial charge on any atom is 0.326 e. The van der Waals surface area contributed by atoms with Crippen molar-refractivity contribution in [1.29, 1.82) is 0 Å². The third kappa shape index (κ3) is 28.9. The number of carbonyl (C=O) groups is 8. The second kappa shape index (κ2) is 34.3. The molecular weight excluding hydrogens is 792 g/mol. The summed E-state index contributed by atoms with van der Waals surface area (Å²) in [7, 11) is 0. The second-order valence-corrected chi connectivity index (χ2v) is 14.2. The summed E-state index contributed by atoms with van der Waals surface area (Å²) in [4.78, 5) is 101. The number of ether oxygens (including phenoxy) is 3. The predicted octanol–water partition coefficient (Wildman–Crippen LogP) is -2.31. The number of unbranched alkanes of at least 4 members (excludes halogenated alkanes) is 2. The highest BCUT2D eigenvalue weighted by atomic mass is 16.5. The Morgan fingerprint density at radius 3 is 1.55 bits per heavy atom. The summed E-state index contributed by atoms with van der Waals surface area (Å²) in [5.41, 5.74) is 0. The van der Waals surface area contributed by atoms with Gasteiger partial charge in [-0.1, -0.05) is 6.92 Å². The molecule has 1 aliphatic heterocycles. The minimum absolute atomic E-state index is 0.00848. The van der Waals surface area contributed by atoms with Gasteiger partial charge in [0.25, 0.3) is 0 Å². The van der Waals surface area contributed by atoms with Crippen molar-refractivity contribution in [1.82, 2.24) is 41.3 Å². The molecule has 22 nitrogen and oxygen atoms in total. The Balaban J connectivity index is 2.69. The van der Waals surface area contributed by atoms with Gasteiger partial charge < -0.3 is 56.1 Å². The predicted molar refractivity (Wildman–Crippen MR) is 216 cm³/mol. The Morgan fingerprint density at radius 2 is 1.05 bits per heavy atom. The number of carboxylic acids is 3. The van der Waals surface area contributed by atoms with E-state index in [1.807, 2.05) is 11.8 Å². The molecule has 2 atom stereocenters. The van der Waals surface area contributed by atoms with E-state index in [1.54, 1.807) is 9.80 Å². The Labute approximate surface area is 351 Å². The lowest BCUT2D eigenvalue weighted by molar-refractivity contribution is -0.142. The lowest BCUT2D eigenvalue weighted by Crippen LogP contribution is -2.51. The molecule has 0 saturated carbocycles. The molecule has 344 valence electrons. The molecule has 0 aliphatic carbocycles. The fourth-order valence-electron chi connectivity index (χ4n) is 5.98. The fraction of sp³-hybridized carbons (Fsp3) is 0.789. The van der Waals surface area contributed by atoms with E-state index >= 15 is 0 Å². The van der Waals surface area contributed by atoms with Crippen LogP contribution >= 0.6 is 0 Å². The monoisotopic (exact) mass is 860 g/mol. The third-order valence-electron chi connectivity index (χ3n) is 9.20. The molecule has 8 N–H and O–H groups in total. The van der Waals surface area contributed by atoms with E-state index in [0.29, 0.717) is 117 Å². The van der Waals surface area contributed by atoms with Gasteiger partial charge in [0.2, 0.25) is 30.0 Å². The summed E-state index contributed by atoms with van der Waals surface area (Å²) in [6.07, 6.45) is 3.65. The van der Waals surface area contributed by atoms with Gasteiger partial charge in [0, 0.05) is 71.7 Å². The molecule has 0 aromatic heterocycles. The first-order valence-electron chi connectivity index (χ1n) is 20.7. The van der Waals surface area contributed by atoms with E-state index in [-0.39, 0.29) is 77.1 Å². The average molecular weight is 861 g/mol. The van der Waals surface area contributed by atoms with Crippen LogP contribution in [0.1, 0.15) is 64.7 Å². The molecule has 1 heterocycles. The molecule has 1 aliphatic rings. The van der Waals surface area contributed by atoms with Gasteiger partial charge in [0.15, 0.2) is 0 Å². The van der Waals surface area contributed by atoms with E-state index in [1.165, 1.54) is 0 Å². The van der Waals surface area contributed by atoms with Crippen molar-refractivity contribution in [3.63, 3.8) is 0 Å². The number of amides is 5. The van der Waals surface area contributed by atoms with E-state index in [4.69, 9.17) is 14.2 Å². The minimum Gasteiger partial charge on any atom is -0.480 e. The lowest BCUT2D eigenvalue weighted by atomic mass is 10.1. The number of hydrogen-bond donors (Lipinski definition) is 8. The molecule has 1 rings (SSSR count). The maximum atomic E-state index is 13.4. The maximum absolute atomic E-state index is 13.4. The summed E-state index contributed by atoms with van der Waals surface area (Å²) < 4.78 is 16.1. The molecule has 22 heteroatoms. The fourth-order valence-corrected chi connectivity index (χ4v) is 5.98. The standard InChI is InChI=1S/C38H68N8O14/c1-2-7-32(48)40-11-6-4-9-31(38(56)57)43-37(55)30(42-33(49)10-20-58-22-24-60-25-23-59-21-13-39-29-47)8-3-5-12-41-34(50)26-44-14-16-45(27-35(51)52)18-19-46(17-15-44)28-36(53)54/h29-31H,2-28H2,1H3,(H,39,47)(H,40,48)(H,41,50)(H,42,49)(H,43,55)(H,51,52)(H,53,54)(H,56,57). The van der Waals surface area contributed by atoms with Crippen molar-refractivity contribution >= 4 is 47.9 Å². The molecule has 0 spiro atoms. The molecule has 5 amide bonds. The molecule has 60 heavy (non-hydrogen) atoms. The number of hydrogen-bond acceptors (Lipinski definition) is 14. The Kier molecular flexibility index (Phi) is 30.6. The summed E-state index contributed by atoms with van der Waals surface area (Å²) in [6, 6.07) is -2.29. The Hall–Kier alpha value is -4.48. The van der Waals surface area contributed by atoms with Crippen LogP contribution in [0, 0.1) is 0 Å². The van der Waals surface area contributed by atoms with Gasteiger partial charge in [0.05, 0.1) is 59.3 Å². The highest BCUT2D eigenvalue weighted by Gasteiger charge is 2.26. The molecule has 1 fully saturated rings. The van der Waals surface area contributed by atoms with Crippen LogP contribution in [0.3, 0.4) is 0 Å². The highest BCUT2D eigenvalue weighted by Crippen LogP contribution is 2.07. The summed E-state index contributed by atoms with van der Waals surface area (Å²) in [5, 5.41) is 41.7.